The molecule has 11 heavy (non-hydrogen) atoms. The van der Waals surface area contributed by atoms with Crippen molar-refractivity contribution in [2.45, 2.75) is 18.9 Å². The van der Waals surface area contributed by atoms with Gasteiger partial charge in [0.05, 0.1) is 0 Å². The van der Waals surface area contributed by atoms with Gasteiger partial charge in [0.1, 0.15) is 0 Å². The molecule has 1 aliphatic carbocycles. The van der Waals surface area contributed by atoms with E-state index in [4.69, 9.17) is 25.6 Å². The van der Waals surface area contributed by atoms with Crippen LogP contribution in [0.2, 0.25) is 0 Å². The van der Waals surface area contributed by atoms with E-state index in [1.807, 2.05) is 0 Å². The summed E-state index contributed by atoms with van der Waals surface area (Å²) in [6.45, 7) is 0. The monoisotopic (exact) mass is 162 g/mol. The van der Waals surface area contributed by atoms with Gasteiger partial charge in [0, 0.05) is 6.04 Å². The van der Waals surface area contributed by atoms with E-state index in [1.165, 1.54) is 12.8 Å². The lowest BCUT2D eigenvalue weighted by Crippen LogP contribution is -2.23. The smallest absolute Gasteiger partial charge is 0.414 e. The van der Waals surface area contributed by atoms with Gasteiger partial charge in [0.15, 0.2) is 0 Å². The summed E-state index contributed by atoms with van der Waals surface area (Å²) in [5, 5.41) is 14.8. The van der Waals surface area contributed by atoms with E-state index in [0.717, 1.165) is 0 Å². The third-order valence-corrected chi connectivity index (χ3v) is 0.996. The van der Waals surface area contributed by atoms with Gasteiger partial charge in [-0.2, -0.15) is 0 Å². The molecule has 1 rings (SSSR count). The highest BCUT2D eigenvalue weighted by atomic mass is 16.4. The Balaban J connectivity index is 0.000000183. The molecule has 6 nitrogen and oxygen atoms in total. The second-order valence-electron chi connectivity index (χ2n) is 2.05. The quantitative estimate of drug-likeness (QED) is 0.218. The Bertz CT molecular complexity index is 143. The van der Waals surface area contributed by atoms with Gasteiger partial charge in [0.25, 0.3) is 0 Å². The molecule has 0 aliphatic heterocycles. The Kier molecular flexibility index (Phi) is 4.16. The van der Waals surface area contributed by atoms with Crippen molar-refractivity contribution in [3.63, 3.8) is 0 Å². The molecular formula is C5H10N2O4. The molecule has 1 saturated carbocycles. The van der Waals surface area contributed by atoms with Crippen molar-refractivity contribution in [2.24, 2.45) is 5.84 Å². The molecule has 6 heteroatoms. The molecule has 0 radical (unpaired) electrons. The van der Waals surface area contributed by atoms with Gasteiger partial charge in [-0.15, -0.1) is 0 Å². The summed E-state index contributed by atoms with van der Waals surface area (Å²) in [5.74, 6) is 1.34. The van der Waals surface area contributed by atoms with Crippen LogP contribution in [0, 0.1) is 0 Å². The molecule has 0 heterocycles. The van der Waals surface area contributed by atoms with E-state index >= 15 is 0 Å². The standard InChI is InChI=1S/C3H8N2.C2H2O4/c4-5-3-1-2-3;3-1(4)2(5)6/h3,5H,1-2,4H2;(H,3,4)(H,5,6). The molecule has 0 bridgehead atoms. The second kappa shape index (κ2) is 4.64. The van der Waals surface area contributed by atoms with Gasteiger partial charge in [0.2, 0.25) is 0 Å². The highest BCUT2D eigenvalue weighted by molar-refractivity contribution is 6.27. The Morgan fingerprint density at radius 2 is 1.64 bits per heavy atom. The molecule has 64 valence electrons. The number of nitrogens with one attached hydrogen (secondary N) is 1. The highest BCUT2D eigenvalue weighted by Crippen LogP contribution is 2.16. The number of rotatable bonds is 1. The van der Waals surface area contributed by atoms with Crippen LogP contribution in [-0.2, 0) is 9.59 Å². The summed E-state index contributed by atoms with van der Waals surface area (Å²) >= 11 is 0. The zero-order chi connectivity index (χ0) is 8.85. The molecule has 0 spiro atoms. The first-order valence-electron chi connectivity index (χ1n) is 3.00. The van der Waals surface area contributed by atoms with E-state index in [1.54, 1.807) is 0 Å². The third-order valence-electron chi connectivity index (χ3n) is 0.996. The van der Waals surface area contributed by atoms with Crippen LogP contribution >= 0.6 is 0 Å². The van der Waals surface area contributed by atoms with Crippen molar-refractivity contribution >= 4 is 11.9 Å². The van der Waals surface area contributed by atoms with Gasteiger partial charge >= 0.3 is 11.9 Å². The van der Waals surface area contributed by atoms with Crippen LogP contribution < -0.4 is 11.3 Å². The first-order chi connectivity index (χ1) is 5.07. The largest absolute Gasteiger partial charge is 0.473 e. The summed E-state index contributed by atoms with van der Waals surface area (Å²) in [7, 11) is 0. The lowest BCUT2D eigenvalue weighted by atomic mass is 10.7. The van der Waals surface area contributed by atoms with E-state index in [0.29, 0.717) is 6.04 Å². The fourth-order valence-electron chi connectivity index (χ4n) is 0.250. The molecule has 0 unspecified atom stereocenters. The predicted octanol–water partition coefficient (Wildman–Crippen LogP) is -1.23. The van der Waals surface area contributed by atoms with Gasteiger partial charge in [-0.1, -0.05) is 0 Å². The summed E-state index contributed by atoms with van der Waals surface area (Å²) in [6, 6.07) is 0.662. The van der Waals surface area contributed by atoms with Crippen molar-refractivity contribution in [3.8, 4) is 0 Å². The average molecular weight is 162 g/mol. The van der Waals surface area contributed by atoms with Gasteiger partial charge in [-0.3, -0.25) is 11.3 Å². The van der Waals surface area contributed by atoms with Crippen LogP contribution in [0.5, 0.6) is 0 Å². The van der Waals surface area contributed by atoms with E-state index in [9.17, 15) is 0 Å². The molecule has 0 amide bonds. The SMILES string of the molecule is NNC1CC1.O=C(O)C(=O)O. The van der Waals surface area contributed by atoms with Crippen LogP contribution in [0.3, 0.4) is 0 Å². The summed E-state index contributed by atoms with van der Waals surface area (Å²) in [6.07, 6.45) is 2.55. The molecule has 5 N–H and O–H groups in total. The van der Waals surface area contributed by atoms with Crippen molar-refractivity contribution in [2.75, 3.05) is 0 Å². The summed E-state index contributed by atoms with van der Waals surface area (Å²) < 4.78 is 0. The maximum absolute atomic E-state index is 9.10. The predicted molar refractivity (Wildman–Crippen MR) is 35.6 cm³/mol. The zero-order valence-corrected chi connectivity index (χ0v) is 5.78. The third kappa shape index (κ3) is 6.75. The number of hydrogen-bond donors (Lipinski definition) is 4. The van der Waals surface area contributed by atoms with Crippen LogP contribution in [0.25, 0.3) is 0 Å². The second-order valence-corrected chi connectivity index (χ2v) is 2.05. The molecular weight excluding hydrogens is 152 g/mol. The van der Waals surface area contributed by atoms with Crippen LogP contribution in [0.4, 0.5) is 0 Å². The minimum atomic E-state index is -1.82. The van der Waals surface area contributed by atoms with Crippen molar-refractivity contribution in [1.29, 1.82) is 0 Å². The van der Waals surface area contributed by atoms with E-state index in [-0.39, 0.29) is 0 Å². The Morgan fingerprint density at radius 3 is 1.64 bits per heavy atom. The number of aliphatic carboxylic acids is 2. The van der Waals surface area contributed by atoms with E-state index in [2.05, 4.69) is 5.43 Å². The Hall–Kier alpha value is -1.14. The first kappa shape index (κ1) is 9.86. The summed E-state index contributed by atoms with van der Waals surface area (Å²) in [4.78, 5) is 18.2. The molecule has 1 fully saturated rings. The fraction of sp³-hybridized carbons (Fsp3) is 0.600. The van der Waals surface area contributed by atoms with E-state index < -0.39 is 11.9 Å². The van der Waals surface area contributed by atoms with Gasteiger partial charge in [-0.25, -0.2) is 9.59 Å². The Labute approximate surface area is 63.0 Å². The first-order valence-corrected chi connectivity index (χ1v) is 3.00. The molecule has 1 aliphatic rings. The molecule has 0 aromatic rings. The number of hydrazine groups is 1. The fourth-order valence-corrected chi connectivity index (χ4v) is 0.250. The average Bonchev–Trinajstić information content (AvgIpc) is 2.70. The van der Waals surface area contributed by atoms with Crippen molar-refractivity contribution in [1.82, 2.24) is 5.43 Å². The van der Waals surface area contributed by atoms with Crippen LogP contribution in [0.1, 0.15) is 12.8 Å². The highest BCUT2D eigenvalue weighted by Gasteiger charge is 2.17. The molecule has 0 aromatic carbocycles. The molecule has 0 saturated heterocycles. The zero-order valence-electron chi connectivity index (χ0n) is 5.78. The Morgan fingerprint density at radius 1 is 1.27 bits per heavy atom. The maximum Gasteiger partial charge on any atom is 0.414 e. The normalized spacial score (nSPS) is 14.6. The topological polar surface area (TPSA) is 113 Å². The summed E-state index contributed by atoms with van der Waals surface area (Å²) in [5.41, 5.74) is 2.64. The number of carboxylic acids is 2. The van der Waals surface area contributed by atoms with Gasteiger partial charge < -0.3 is 10.2 Å². The minimum absolute atomic E-state index is 0.662. The number of carboxylic acid groups (broad SMARTS) is 2. The molecule has 0 atom stereocenters. The van der Waals surface area contributed by atoms with Crippen molar-refractivity contribution in [3.05, 3.63) is 0 Å². The molecule has 0 aromatic heterocycles. The van der Waals surface area contributed by atoms with Crippen molar-refractivity contribution < 1.29 is 19.8 Å². The number of nitrogens with two attached hydrogens (primary N) is 1. The maximum atomic E-state index is 9.10. The number of carbonyl (C=O) groups is 2. The van der Waals surface area contributed by atoms with Crippen LogP contribution in [-0.4, -0.2) is 28.2 Å². The van der Waals surface area contributed by atoms with Crippen LogP contribution in [0.15, 0.2) is 0 Å². The lowest BCUT2D eigenvalue weighted by Gasteiger charge is -1.81. The minimum Gasteiger partial charge on any atom is -0.473 e. The number of hydrogen-bond acceptors (Lipinski definition) is 4. The van der Waals surface area contributed by atoms with Gasteiger partial charge in [-0.05, 0) is 12.8 Å². The lowest BCUT2D eigenvalue weighted by molar-refractivity contribution is -0.159.